The molecule has 4 rings (SSSR count). The van der Waals surface area contributed by atoms with Crippen LogP contribution in [0.2, 0.25) is 0 Å². The zero-order valence-electron chi connectivity index (χ0n) is 15.0. The Morgan fingerprint density at radius 3 is 2.38 bits per heavy atom. The minimum Gasteiger partial charge on any atom is -0.369 e. The van der Waals surface area contributed by atoms with E-state index in [1.807, 2.05) is 25.1 Å². The van der Waals surface area contributed by atoms with E-state index in [1.54, 1.807) is 0 Å². The highest BCUT2D eigenvalue weighted by molar-refractivity contribution is 6.05. The summed E-state index contributed by atoms with van der Waals surface area (Å²) in [4.78, 5) is 15.6. The molecular formula is C20H24N6. The molecule has 0 radical (unpaired) electrons. The highest BCUT2D eigenvalue weighted by Crippen LogP contribution is 2.39. The lowest BCUT2D eigenvalue weighted by molar-refractivity contribution is 0.305. The van der Waals surface area contributed by atoms with E-state index in [2.05, 4.69) is 39.1 Å². The lowest BCUT2D eigenvalue weighted by atomic mass is 9.87. The molecule has 1 spiro atoms. The second kappa shape index (κ2) is 6.44. The number of aliphatic imine (C=N–C) groups is 2. The summed E-state index contributed by atoms with van der Waals surface area (Å²) in [6.07, 6.45) is 5.33. The van der Waals surface area contributed by atoms with Gasteiger partial charge < -0.3 is 11.5 Å². The highest BCUT2D eigenvalue weighted by Gasteiger charge is 2.42. The van der Waals surface area contributed by atoms with Gasteiger partial charge in [0, 0.05) is 16.9 Å². The largest absolute Gasteiger partial charge is 0.369 e. The average Bonchev–Trinajstić information content (AvgIpc) is 2.62. The molecule has 0 unspecified atom stereocenters. The molecule has 6 nitrogen and oxygen atoms in total. The fourth-order valence-electron chi connectivity index (χ4n) is 3.98. The number of pyridine rings is 1. The third-order valence-electron chi connectivity index (χ3n) is 5.16. The molecule has 4 N–H and O–H groups in total. The lowest BCUT2D eigenvalue weighted by Crippen LogP contribution is -2.58. The Labute approximate surface area is 153 Å². The predicted octanol–water partition coefficient (Wildman–Crippen LogP) is 3.17. The van der Waals surface area contributed by atoms with Crippen LogP contribution in [0.3, 0.4) is 0 Å². The van der Waals surface area contributed by atoms with Gasteiger partial charge in [0.05, 0.1) is 5.69 Å². The van der Waals surface area contributed by atoms with Crippen LogP contribution in [0.1, 0.15) is 37.8 Å². The van der Waals surface area contributed by atoms with E-state index in [9.17, 15) is 0 Å². The van der Waals surface area contributed by atoms with E-state index < -0.39 is 5.66 Å². The number of nitrogens with two attached hydrogens (primary N) is 2. The van der Waals surface area contributed by atoms with Gasteiger partial charge in [-0.1, -0.05) is 24.6 Å². The fourth-order valence-corrected chi connectivity index (χ4v) is 3.98. The van der Waals surface area contributed by atoms with Crippen LogP contribution in [0, 0.1) is 6.92 Å². The topological polar surface area (TPSA) is 92.9 Å². The van der Waals surface area contributed by atoms with Crippen LogP contribution in [0.5, 0.6) is 0 Å². The summed E-state index contributed by atoms with van der Waals surface area (Å²) in [6, 6.07) is 14.3. The third-order valence-corrected chi connectivity index (χ3v) is 5.16. The number of rotatable bonds is 2. The fraction of sp³-hybridized carbons (Fsp3) is 0.350. The number of hydrogen-bond donors (Lipinski definition) is 2. The molecule has 1 aromatic carbocycles. The first-order valence-electron chi connectivity index (χ1n) is 9.11. The van der Waals surface area contributed by atoms with E-state index in [0.29, 0.717) is 5.96 Å². The van der Waals surface area contributed by atoms with Crippen molar-refractivity contribution in [1.82, 2.24) is 4.98 Å². The second-order valence-electron chi connectivity index (χ2n) is 7.03. The van der Waals surface area contributed by atoms with Gasteiger partial charge in [-0.3, -0.25) is 9.88 Å². The van der Waals surface area contributed by atoms with Crippen LogP contribution >= 0.6 is 0 Å². The van der Waals surface area contributed by atoms with Gasteiger partial charge in [0.1, 0.15) is 5.66 Å². The predicted molar refractivity (Wildman–Crippen MR) is 106 cm³/mol. The second-order valence-corrected chi connectivity index (χ2v) is 7.03. The van der Waals surface area contributed by atoms with Crippen molar-refractivity contribution in [2.45, 2.75) is 44.7 Å². The quantitative estimate of drug-likeness (QED) is 0.872. The summed E-state index contributed by atoms with van der Waals surface area (Å²) in [5.74, 6) is 0.696. The molecule has 1 aliphatic carbocycles. The van der Waals surface area contributed by atoms with Crippen LogP contribution in [-0.2, 0) is 0 Å². The van der Waals surface area contributed by atoms with Crippen molar-refractivity contribution < 1.29 is 0 Å². The Hall–Kier alpha value is -2.89. The number of anilines is 1. The SMILES string of the molecule is Cc1cccc(-c2ccc(N3C(N)=NC(N)=NC34CCCCC4)cc2)n1. The Morgan fingerprint density at radius 2 is 1.69 bits per heavy atom. The summed E-state index contributed by atoms with van der Waals surface area (Å²) in [5.41, 5.74) is 15.8. The number of benzene rings is 1. The molecule has 0 amide bonds. The standard InChI is InChI=1S/C20H24N6/c1-14-6-5-7-17(23-14)15-8-10-16(11-9-15)26-19(22)24-18(21)25-20(26)12-3-2-4-13-20/h5-11H,2-4,12-13H2,1H3,(H4,21,22,24,25). The van der Waals surface area contributed by atoms with Crippen LogP contribution in [-0.4, -0.2) is 22.6 Å². The summed E-state index contributed by atoms with van der Waals surface area (Å²) in [7, 11) is 0. The monoisotopic (exact) mass is 348 g/mol. The molecule has 6 heteroatoms. The van der Waals surface area contributed by atoms with E-state index in [4.69, 9.17) is 16.5 Å². The molecular weight excluding hydrogens is 324 g/mol. The molecule has 134 valence electrons. The summed E-state index contributed by atoms with van der Waals surface area (Å²) in [5, 5.41) is 0. The van der Waals surface area contributed by atoms with Crippen molar-refractivity contribution in [2.75, 3.05) is 4.90 Å². The van der Waals surface area contributed by atoms with E-state index in [1.165, 1.54) is 6.42 Å². The third kappa shape index (κ3) is 2.92. The maximum absolute atomic E-state index is 6.28. The van der Waals surface area contributed by atoms with Crippen molar-refractivity contribution in [3.8, 4) is 11.3 Å². The highest BCUT2D eigenvalue weighted by atomic mass is 15.4. The number of hydrogen-bond acceptors (Lipinski definition) is 6. The van der Waals surface area contributed by atoms with Gasteiger partial charge in [-0.2, -0.15) is 4.99 Å². The van der Waals surface area contributed by atoms with E-state index in [0.717, 1.165) is 48.3 Å². The number of guanidine groups is 2. The van der Waals surface area contributed by atoms with Crippen molar-refractivity contribution in [3.05, 3.63) is 48.2 Å². The molecule has 2 heterocycles. The number of aromatic nitrogens is 1. The Bertz CT molecular complexity index is 862. The zero-order valence-corrected chi connectivity index (χ0v) is 15.0. The van der Waals surface area contributed by atoms with Crippen LogP contribution < -0.4 is 16.4 Å². The van der Waals surface area contributed by atoms with Crippen molar-refractivity contribution in [3.63, 3.8) is 0 Å². The summed E-state index contributed by atoms with van der Waals surface area (Å²) in [6.45, 7) is 2.00. The first kappa shape index (κ1) is 16.6. The average molecular weight is 348 g/mol. The van der Waals surface area contributed by atoms with Gasteiger partial charge in [-0.05, 0) is 56.9 Å². The molecule has 2 aromatic rings. The molecule has 0 atom stereocenters. The van der Waals surface area contributed by atoms with Gasteiger partial charge in [-0.25, -0.2) is 4.99 Å². The number of nitrogens with zero attached hydrogens (tertiary/aromatic N) is 4. The van der Waals surface area contributed by atoms with Crippen LogP contribution in [0.25, 0.3) is 11.3 Å². The van der Waals surface area contributed by atoms with Crippen LogP contribution in [0.15, 0.2) is 52.4 Å². The summed E-state index contributed by atoms with van der Waals surface area (Å²) < 4.78 is 0. The van der Waals surface area contributed by atoms with Gasteiger partial charge in [-0.15, -0.1) is 0 Å². The molecule has 26 heavy (non-hydrogen) atoms. The molecule has 1 aromatic heterocycles. The van der Waals surface area contributed by atoms with Gasteiger partial charge in [0.25, 0.3) is 0 Å². The Kier molecular flexibility index (Phi) is 4.11. The van der Waals surface area contributed by atoms with Gasteiger partial charge in [0.2, 0.25) is 11.9 Å². The van der Waals surface area contributed by atoms with Crippen molar-refractivity contribution in [1.29, 1.82) is 0 Å². The van der Waals surface area contributed by atoms with Gasteiger partial charge >= 0.3 is 0 Å². The normalized spacial score (nSPS) is 19.2. The minimum absolute atomic E-state index is 0.279. The molecule has 0 saturated heterocycles. The molecule has 0 bridgehead atoms. The van der Waals surface area contributed by atoms with Crippen molar-refractivity contribution >= 4 is 17.6 Å². The van der Waals surface area contributed by atoms with E-state index in [-0.39, 0.29) is 5.96 Å². The molecule has 1 fully saturated rings. The zero-order chi connectivity index (χ0) is 18.1. The minimum atomic E-state index is -0.405. The van der Waals surface area contributed by atoms with Gasteiger partial charge in [0.15, 0.2) is 0 Å². The molecule has 2 aliphatic rings. The number of aryl methyl sites for hydroxylation is 1. The molecule has 1 aliphatic heterocycles. The summed E-state index contributed by atoms with van der Waals surface area (Å²) >= 11 is 0. The smallest absolute Gasteiger partial charge is 0.220 e. The lowest BCUT2D eigenvalue weighted by Gasteiger charge is -2.45. The van der Waals surface area contributed by atoms with Crippen LogP contribution in [0.4, 0.5) is 5.69 Å². The maximum Gasteiger partial charge on any atom is 0.220 e. The first-order valence-corrected chi connectivity index (χ1v) is 9.11. The van der Waals surface area contributed by atoms with Crippen molar-refractivity contribution in [2.24, 2.45) is 21.5 Å². The maximum atomic E-state index is 6.28. The molecule has 1 saturated carbocycles. The first-order chi connectivity index (χ1) is 12.6. The van der Waals surface area contributed by atoms with E-state index >= 15 is 0 Å². The Balaban J connectivity index is 1.70. The Morgan fingerprint density at radius 1 is 0.962 bits per heavy atom.